The van der Waals surface area contributed by atoms with Gasteiger partial charge in [0.2, 0.25) is 5.91 Å². The van der Waals surface area contributed by atoms with Crippen LogP contribution in [0.25, 0.3) is 11.1 Å². The van der Waals surface area contributed by atoms with Crippen molar-refractivity contribution in [3.63, 3.8) is 0 Å². The average Bonchev–Trinajstić information content (AvgIpc) is 3.19. The molecule has 7 nitrogen and oxygen atoms in total. The second kappa shape index (κ2) is 8.30. The minimum Gasteiger partial charge on any atom is -0.378 e. The summed E-state index contributed by atoms with van der Waals surface area (Å²) in [4.78, 5) is 25.3. The summed E-state index contributed by atoms with van der Waals surface area (Å²) in [6.45, 7) is 2.18. The number of nitrogens with one attached hydrogen (secondary N) is 2. The molecule has 2 N–H and O–H groups in total. The van der Waals surface area contributed by atoms with E-state index in [1.54, 1.807) is 17.9 Å². The molecule has 0 saturated carbocycles. The van der Waals surface area contributed by atoms with Crippen molar-refractivity contribution in [3.8, 4) is 11.1 Å². The normalized spacial score (nSPS) is 15.0. The highest BCUT2D eigenvalue weighted by molar-refractivity contribution is 6.30. The van der Waals surface area contributed by atoms with E-state index in [1.807, 2.05) is 49.4 Å². The number of carbonyl (C=O) groups is 2. The highest BCUT2D eigenvalue weighted by Crippen LogP contribution is 2.39. The van der Waals surface area contributed by atoms with Crippen LogP contribution >= 0.6 is 11.6 Å². The molecular weight excluding hydrogens is 404 g/mol. The first-order valence-corrected chi connectivity index (χ1v) is 9.88. The SMILES string of the molecule is COCc1nn2c(c1-c1cccc(Cl)c1)NC(=O)C2CC(=O)Nc1ccccc1C. The van der Waals surface area contributed by atoms with Gasteiger partial charge in [0.1, 0.15) is 11.9 Å². The maximum absolute atomic E-state index is 12.7. The molecule has 1 atom stereocenters. The van der Waals surface area contributed by atoms with Crippen LogP contribution in [0, 0.1) is 6.92 Å². The van der Waals surface area contributed by atoms with Crippen LogP contribution in [0.1, 0.15) is 23.7 Å². The quantitative estimate of drug-likeness (QED) is 0.621. The first-order chi connectivity index (χ1) is 14.5. The number of ether oxygens (including phenoxy) is 1. The summed E-state index contributed by atoms with van der Waals surface area (Å²) in [5.41, 5.74) is 3.91. The Hall–Kier alpha value is -3.16. The van der Waals surface area contributed by atoms with E-state index in [2.05, 4.69) is 15.7 Å². The van der Waals surface area contributed by atoms with Crippen LogP contribution in [0.3, 0.4) is 0 Å². The fourth-order valence-corrected chi connectivity index (χ4v) is 3.78. The zero-order valence-electron chi connectivity index (χ0n) is 16.6. The van der Waals surface area contributed by atoms with Gasteiger partial charge in [0.15, 0.2) is 0 Å². The van der Waals surface area contributed by atoms with Gasteiger partial charge in [-0.15, -0.1) is 0 Å². The summed E-state index contributed by atoms with van der Waals surface area (Å²) in [6.07, 6.45) is -0.0315. The Bertz CT molecular complexity index is 1130. The number of aryl methyl sites for hydroxylation is 1. The van der Waals surface area contributed by atoms with E-state index in [9.17, 15) is 9.59 Å². The van der Waals surface area contributed by atoms with Crippen molar-refractivity contribution in [2.45, 2.75) is 26.0 Å². The van der Waals surface area contributed by atoms with Crippen molar-refractivity contribution < 1.29 is 14.3 Å². The number of rotatable bonds is 6. The standard InChI is InChI=1S/C22H21ClN4O3/c1-13-6-3-4-9-16(13)24-19(28)11-18-22(29)25-21-20(14-7-5-8-15(23)10-14)17(12-30-2)26-27(18)21/h3-10,18H,11-12H2,1-2H3,(H,24,28)(H,25,29). The van der Waals surface area contributed by atoms with Crippen LogP contribution in [0.2, 0.25) is 5.02 Å². The molecule has 0 aliphatic carbocycles. The van der Waals surface area contributed by atoms with E-state index in [1.165, 1.54) is 0 Å². The lowest BCUT2D eigenvalue weighted by molar-refractivity contribution is -0.123. The Labute approximate surface area is 179 Å². The molecule has 2 amide bonds. The predicted octanol–water partition coefficient (Wildman–Crippen LogP) is 4.18. The third kappa shape index (κ3) is 3.81. The van der Waals surface area contributed by atoms with Gasteiger partial charge in [-0.2, -0.15) is 5.10 Å². The fourth-order valence-electron chi connectivity index (χ4n) is 3.59. The van der Waals surface area contributed by atoms with Gasteiger partial charge in [-0.1, -0.05) is 41.9 Å². The number of hydrogen-bond donors (Lipinski definition) is 2. The summed E-state index contributed by atoms with van der Waals surface area (Å²) in [5.74, 6) is 0.0121. The highest BCUT2D eigenvalue weighted by Gasteiger charge is 2.37. The van der Waals surface area contributed by atoms with Crippen LogP contribution in [0.5, 0.6) is 0 Å². The monoisotopic (exact) mass is 424 g/mol. The number of benzene rings is 2. The first kappa shape index (κ1) is 20.1. The van der Waals surface area contributed by atoms with Gasteiger partial charge >= 0.3 is 0 Å². The number of amides is 2. The Balaban J connectivity index is 1.64. The molecule has 8 heteroatoms. The Kier molecular flexibility index (Phi) is 5.57. The van der Waals surface area contributed by atoms with E-state index < -0.39 is 6.04 Å². The molecule has 1 aromatic heterocycles. The van der Waals surface area contributed by atoms with E-state index in [-0.39, 0.29) is 24.8 Å². The van der Waals surface area contributed by atoms with E-state index in [0.29, 0.717) is 16.5 Å². The topological polar surface area (TPSA) is 85.2 Å². The molecule has 0 saturated heterocycles. The lowest BCUT2D eigenvalue weighted by Crippen LogP contribution is -2.24. The molecule has 2 aromatic carbocycles. The summed E-state index contributed by atoms with van der Waals surface area (Å²) >= 11 is 6.16. The zero-order valence-corrected chi connectivity index (χ0v) is 17.4. The molecule has 0 bridgehead atoms. The minimum atomic E-state index is -0.743. The number of hydrogen-bond acceptors (Lipinski definition) is 4. The van der Waals surface area contributed by atoms with Crippen LogP contribution in [0.4, 0.5) is 11.5 Å². The number of aromatic nitrogens is 2. The van der Waals surface area contributed by atoms with Crippen molar-refractivity contribution in [1.29, 1.82) is 0 Å². The number of fused-ring (bicyclic) bond motifs is 1. The van der Waals surface area contributed by atoms with Gasteiger partial charge in [-0.3, -0.25) is 9.59 Å². The molecule has 0 radical (unpaired) electrons. The lowest BCUT2D eigenvalue weighted by Gasteiger charge is -2.11. The van der Waals surface area contributed by atoms with Gasteiger partial charge in [0.05, 0.1) is 18.7 Å². The van der Waals surface area contributed by atoms with E-state index in [4.69, 9.17) is 16.3 Å². The number of nitrogens with zero attached hydrogens (tertiary/aromatic N) is 2. The first-order valence-electron chi connectivity index (χ1n) is 9.50. The lowest BCUT2D eigenvalue weighted by atomic mass is 10.1. The van der Waals surface area contributed by atoms with Crippen molar-refractivity contribution in [3.05, 3.63) is 64.8 Å². The molecule has 0 spiro atoms. The minimum absolute atomic E-state index is 0.0315. The van der Waals surface area contributed by atoms with Crippen molar-refractivity contribution in [1.82, 2.24) is 9.78 Å². The van der Waals surface area contributed by atoms with Gasteiger partial charge in [-0.25, -0.2) is 4.68 Å². The molecule has 30 heavy (non-hydrogen) atoms. The zero-order chi connectivity index (χ0) is 21.3. The third-order valence-corrected chi connectivity index (χ3v) is 5.25. The molecule has 2 heterocycles. The van der Waals surface area contributed by atoms with Crippen LogP contribution in [0.15, 0.2) is 48.5 Å². The smallest absolute Gasteiger partial charge is 0.251 e. The number of anilines is 2. The largest absolute Gasteiger partial charge is 0.378 e. The summed E-state index contributed by atoms with van der Waals surface area (Å²) in [7, 11) is 1.58. The molecule has 1 unspecified atom stereocenters. The van der Waals surface area contributed by atoms with Gasteiger partial charge in [-0.05, 0) is 36.2 Å². The maximum atomic E-state index is 12.7. The van der Waals surface area contributed by atoms with Crippen molar-refractivity contribution in [2.75, 3.05) is 17.7 Å². The number of para-hydroxylation sites is 1. The maximum Gasteiger partial charge on any atom is 0.251 e. The second-order valence-electron chi connectivity index (χ2n) is 7.13. The molecule has 4 rings (SSSR count). The molecule has 0 fully saturated rings. The third-order valence-electron chi connectivity index (χ3n) is 5.01. The Morgan fingerprint density at radius 2 is 2.07 bits per heavy atom. The van der Waals surface area contributed by atoms with Crippen molar-refractivity contribution >= 4 is 34.9 Å². The summed E-state index contributed by atoms with van der Waals surface area (Å²) in [5, 5.41) is 10.9. The van der Waals surface area contributed by atoms with Gasteiger partial charge in [0, 0.05) is 23.4 Å². The van der Waals surface area contributed by atoms with Crippen LogP contribution < -0.4 is 10.6 Å². The van der Waals surface area contributed by atoms with Crippen LogP contribution in [-0.4, -0.2) is 28.7 Å². The summed E-state index contributed by atoms with van der Waals surface area (Å²) in [6, 6.07) is 14.1. The highest BCUT2D eigenvalue weighted by atomic mass is 35.5. The molecule has 3 aromatic rings. The second-order valence-corrected chi connectivity index (χ2v) is 7.57. The summed E-state index contributed by atoms with van der Waals surface area (Å²) < 4.78 is 6.87. The molecular formula is C22H21ClN4O3. The van der Waals surface area contributed by atoms with Crippen molar-refractivity contribution in [2.24, 2.45) is 0 Å². The average molecular weight is 425 g/mol. The number of carbonyl (C=O) groups excluding carboxylic acids is 2. The van der Waals surface area contributed by atoms with Gasteiger partial charge < -0.3 is 15.4 Å². The fraction of sp³-hybridized carbons (Fsp3) is 0.227. The Morgan fingerprint density at radius 3 is 2.80 bits per heavy atom. The van der Waals surface area contributed by atoms with E-state index in [0.717, 1.165) is 22.4 Å². The van der Waals surface area contributed by atoms with E-state index >= 15 is 0 Å². The number of methoxy groups -OCH3 is 1. The molecule has 1 aliphatic heterocycles. The van der Waals surface area contributed by atoms with Gasteiger partial charge in [0.25, 0.3) is 5.91 Å². The Morgan fingerprint density at radius 1 is 1.27 bits per heavy atom. The molecule has 154 valence electrons. The predicted molar refractivity (Wildman–Crippen MR) is 115 cm³/mol. The molecule has 1 aliphatic rings. The number of halogens is 1. The van der Waals surface area contributed by atoms with Crippen LogP contribution in [-0.2, 0) is 20.9 Å².